The van der Waals surface area contributed by atoms with Gasteiger partial charge < -0.3 is 5.32 Å². The lowest BCUT2D eigenvalue weighted by Gasteiger charge is -2.19. The lowest BCUT2D eigenvalue weighted by molar-refractivity contribution is 0.606. The van der Waals surface area contributed by atoms with E-state index in [1.165, 1.54) is 16.3 Å². The fraction of sp³-hybridized carbons (Fsp3) is 0.412. The molecule has 0 amide bonds. The Kier molecular flexibility index (Phi) is 5.29. The molecule has 0 radical (unpaired) electrons. The lowest BCUT2D eigenvalue weighted by atomic mass is 10.0. The second kappa shape index (κ2) is 6.97. The molecule has 1 nitrogen and oxygen atoms in total. The first-order valence-corrected chi connectivity index (χ1v) is 8.09. The normalized spacial score (nSPS) is 13.1. The predicted octanol–water partition coefficient (Wildman–Crippen LogP) is 4.63. The van der Waals surface area contributed by atoms with E-state index >= 15 is 0 Å². The molecular formula is C17H23NS. The Labute approximate surface area is 120 Å². The molecule has 0 aromatic heterocycles. The molecule has 2 aromatic carbocycles. The van der Waals surface area contributed by atoms with Crippen molar-refractivity contribution in [3.8, 4) is 0 Å². The zero-order chi connectivity index (χ0) is 13.7. The van der Waals surface area contributed by atoms with Crippen molar-refractivity contribution < 1.29 is 0 Å². The fourth-order valence-corrected chi connectivity index (χ4v) is 3.12. The maximum atomic E-state index is 3.60. The van der Waals surface area contributed by atoms with Crippen molar-refractivity contribution in [3.63, 3.8) is 0 Å². The molecule has 0 aliphatic carbocycles. The molecule has 0 saturated heterocycles. The van der Waals surface area contributed by atoms with Crippen molar-refractivity contribution >= 4 is 22.5 Å². The zero-order valence-electron chi connectivity index (χ0n) is 12.0. The summed E-state index contributed by atoms with van der Waals surface area (Å²) in [6, 6.07) is 15.8. The highest BCUT2D eigenvalue weighted by Crippen LogP contribution is 2.24. The Bertz CT molecular complexity index is 521. The van der Waals surface area contributed by atoms with Gasteiger partial charge in [0.15, 0.2) is 0 Å². The van der Waals surface area contributed by atoms with Gasteiger partial charge in [0.1, 0.15) is 0 Å². The molecule has 1 unspecified atom stereocenters. The number of fused-ring (bicyclic) bond motifs is 1. The molecule has 2 rings (SSSR count). The second-order valence-electron chi connectivity index (χ2n) is 5.10. The number of rotatable bonds is 6. The van der Waals surface area contributed by atoms with Gasteiger partial charge in [0.05, 0.1) is 0 Å². The predicted molar refractivity (Wildman–Crippen MR) is 88.0 cm³/mol. The number of benzene rings is 2. The van der Waals surface area contributed by atoms with Crippen LogP contribution in [0.5, 0.6) is 0 Å². The van der Waals surface area contributed by atoms with Gasteiger partial charge in [-0.25, -0.2) is 0 Å². The van der Waals surface area contributed by atoms with E-state index in [0.29, 0.717) is 11.3 Å². The van der Waals surface area contributed by atoms with Gasteiger partial charge in [-0.05, 0) is 34.2 Å². The standard InChI is InChI=1S/C17H23NS/c1-4-18-17(12-19-13(2)3)16-10-9-14-7-5-6-8-15(14)11-16/h5-11,13,17-18H,4,12H2,1-3H3. The Hall–Kier alpha value is -0.990. The Morgan fingerprint density at radius 1 is 1.05 bits per heavy atom. The first kappa shape index (κ1) is 14.4. The van der Waals surface area contributed by atoms with Crippen LogP contribution in [0.4, 0.5) is 0 Å². The third-order valence-corrected chi connectivity index (χ3v) is 4.42. The number of nitrogens with one attached hydrogen (secondary N) is 1. The van der Waals surface area contributed by atoms with Crippen molar-refractivity contribution in [1.29, 1.82) is 0 Å². The van der Waals surface area contributed by atoms with Crippen LogP contribution in [0, 0.1) is 0 Å². The molecule has 2 aromatic rings. The van der Waals surface area contributed by atoms with E-state index < -0.39 is 0 Å². The highest BCUT2D eigenvalue weighted by molar-refractivity contribution is 7.99. The van der Waals surface area contributed by atoms with Gasteiger partial charge in [-0.3, -0.25) is 0 Å². The van der Waals surface area contributed by atoms with Crippen molar-refractivity contribution in [1.82, 2.24) is 5.32 Å². The summed E-state index contributed by atoms with van der Waals surface area (Å²) in [5, 5.41) is 6.93. The molecule has 1 N–H and O–H groups in total. The van der Waals surface area contributed by atoms with Crippen molar-refractivity contribution in [3.05, 3.63) is 48.0 Å². The van der Waals surface area contributed by atoms with Crippen LogP contribution in [0.1, 0.15) is 32.4 Å². The molecule has 19 heavy (non-hydrogen) atoms. The van der Waals surface area contributed by atoms with Crippen LogP contribution < -0.4 is 5.32 Å². The summed E-state index contributed by atoms with van der Waals surface area (Å²) < 4.78 is 0. The first-order valence-electron chi connectivity index (χ1n) is 7.04. The summed E-state index contributed by atoms with van der Waals surface area (Å²) in [5.74, 6) is 1.13. The third kappa shape index (κ3) is 3.99. The van der Waals surface area contributed by atoms with E-state index in [9.17, 15) is 0 Å². The van der Waals surface area contributed by atoms with Gasteiger partial charge in [0, 0.05) is 11.8 Å². The minimum absolute atomic E-state index is 0.446. The number of hydrogen-bond acceptors (Lipinski definition) is 2. The topological polar surface area (TPSA) is 12.0 Å². The van der Waals surface area contributed by atoms with Crippen LogP contribution in [-0.2, 0) is 0 Å². The maximum Gasteiger partial charge on any atom is 0.0412 e. The smallest absolute Gasteiger partial charge is 0.0412 e. The molecular weight excluding hydrogens is 250 g/mol. The molecule has 0 heterocycles. The molecule has 2 heteroatoms. The number of hydrogen-bond donors (Lipinski definition) is 1. The average Bonchev–Trinajstić information content (AvgIpc) is 2.42. The molecule has 0 spiro atoms. The number of thioether (sulfide) groups is 1. The van der Waals surface area contributed by atoms with E-state index in [2.05, 4.69) is 68.6 Å². The van der Waals surface area contributed by atoms with Gasteiger partial charge in [0.2, 0.25) is 0 Å². The molecule has 0 bridgehead atoms. The van der Waals surface area contributed by atoms with Crippen LogP contribution >= 0.6 is 11.8 Å². The first-order chi connectivity index (χ1) is 9.20. The second-order valence-corrected chi connectivity index (χ2v) is 6.71. The molecule has 1 atom stereocenters. The zero-order valence-corrected chi connectivity index (χ0v) is 12.8. The Morgan fingerprint density at radius 2 is 1.79 bits per heavy atom. The molecule has 0 fully saturated rings. The van der Waals surface area contributed by atoms with Gasteiger partial charge in [-0.15, -0.1) is 0 Å². The maximum absolute atomic E-state index is 3.60. The van der Waals surface area contributed by atoms with Gasteiger partial charge >= 0.3 is 0 Å². The lowest BCUT2D eigenvalue weighted by Crippen LogP contribution is -2.23. The van der Waals surface area contributed by atoms with Crippen molar-refractivity contribution in [2.75, 3.05) is 12.3 Å². The Balaban J connectivity index is 2.22. The van der Waals surface area contributed by atoms with E-state index in [1.54, 1.807) is 0 Å². The Morgan fingerprint density at radius 3 is 2.47 bits per heavy atom. The molecule has 0 aliphatic heterocycles. The van der Waals surface area contributed by atoms with Gasteiger partial charge in [-0.1, -0.05) is 57.2 Å². The van der Waals surface area contributed by atoms with Crippen LogP contribution in [0.25, 0.3) is 10.8 Å². The molecule has 0 aliphatic rings. The highest BCUT2D eigenvalue weighted by Gasteiger charge is 2.11. The highest BCUT2D eigenvalue weighted by atomic mass is 32.2. The minimum atomic E-state index is 0.446. The van der Waals surface area contributed by atoms with Crippen molar-refractivity contribution in [2.24, 2.45) is 0 Å². The minimum Gasteiger partial charge on any atom is -0.310 e. The van der Waals surface area contributed by atoms with E-state index in [4.69, 9.17) is 0 Å². The van der Waals surface area contributed by atoms with Crippen LogP contribution in [0.2, 0.25) is 0 Å². The summed E-state index contributed by atoms with van der Waals surface area (Å²) in [4.78, 5) is 0. The summed E-state index contributed by atoms with van der Waals surface area (Å²) in [5.41, 5.74) is 1.40. The summed E-state index contributed by atoms with van der Waals surface area (Å²) >= 11 is 2.02. The summed E-state index contributed by atoms with van der Waals surface area (Å²) in [7, 11) is 0. The third-order valence-electron chi connectivity index (χ3n) is 3.22. The molecule has 0 saturated carbocycles. The average molecular weight is 273 g/mol. The van der Waals surface area contributed by atoms with E-state index in [1.807, 2.05) is 11.8 Å². The SMILES string of the molecule is CCNC(CSC(C)C)c1ccc2ccccc2c1. The van der Waals surface area contributed by atoms with Gasteiger partial charge in [-0.2, -0.15) is 11.8 Å². The van der Waals surface area contributed by atoms with Gasteiger partial charge in [0.25, 0.3) is 0 Å². The summed E-state index contributed by atoms with van der Waals surface area (Å²) in [6.07, 6.45) is 0. The largest absolute Gasteiger partial charge is 0.310 e. The monoisotopic (exact) mass is 273 g/mol. The van der Waals surface area contributed by atoms with Crippen LogP contribution in [-0.4, -0.2) is 17.5 Å². The van der Waals surface area contributed by atoms with E-state index in [-0.39, 0.29) is 0 Å². The van der Waals surface area contributed by atoms with Crippen LogP contribution in [0.3, 0.4) is 0 Å². The van der Waals surface area contributed by atoms with E-state index in [0.717, 1.165) is 12.3 Å². The summed E-state index contributed by atoms with van der Waals surface area (Å²) in [6.45, 7) is 7.70. The van der Waals surface area contributed by atoms with Crippen molar-refractivity contribution in [2.45, 2.75) is 32.1 Å². The molecule has 102 valence electrons. The quantitative estimate of drug-likeness (QED) is 0.823. The van der Waals surface area contributed by atoms with Crippen LogP contribution in [0.15, 0.2) is 42.5 Å². The fourth-order valence-electron chi connectivity index (χ4n) is 2.23.